The first-order valence-corrected chi connectivity index (χ1v) is 10.7. The van der Waals surface area contributed by atoms with Gasteiger partial charge in [-0.1, -0.05) is 72.8 Å². The molecule has 3 aromatic rings. The standard InChI is InChI=1S/C22H17N2O4P/c25-24(26)20-14-8-7-13-19(20)23-29(27)15-21(17-9-3-1-4-10-17)28-22(16-29)18-11-5-2-6-12-18/h1-16H,(H,23,27). The van der Waals surface area contributed by atoms with Crippen LogP contribution in [0.3, 0.4) is 0 Å². The first kappa shape index (κ1) is 18.7. The molecule has 4 rings (SSSR count). The number of para-hydroxylation sites is 2. The summed E-state index contributed by atoms with van der Waals surface area (Å²) in [7, 11) is -3.35. The molecule has 29 heavy (non-hydrogen) atoms. The maximum Gasteiger partial charge on any atom is 0.292 e. The Balaban J connectivity index is 1.80. The third kappa shape index (κ3) is 4.13. The number of nitrogens with zero attached hydrogens (tertiary/aromatic N) is 1. The van der Waals surface area contributed by atoms with Crippen molar-refractivity contribution >= 4 is 30.2 Å². The van der Waals surface area contributed by atoms with E-state index in [-0.39, 0.29) is 11.4 Å². The number of ether oxygens (including phenoxy) is 1. The van der Waals surface area contributed by atoms with Crippen LogP contribution < -0.4 is 5.09 Å². The minimum atomic E-state index is -3.35. The fraction of sp³-hybridized carbons (Fsp3) is 0. The maximum absolute atomic E-state index is 13.8. The number of hydrogen-bond acceptors (Lipinski definition) is 4. The Kier molecular flexibility index (Phi) is 5.02. The van der Waals surface area contributed by atoms with Crippen molar-refractivity contribution in [1.29, 1.82) is 0 Å². The van der Waals surface area contributed by atoms with E-state index in [1.54, 1.807) is 18.2 Å². The molecule has 0 fully saturated rings. The van der Waals surface area contributed by atoms with Gasteiger partial charge in [-0.3, -0.25) is 14.7 Å². The zero-order chi connectivity index (χ0) is 20.3. The predicted octanol–water partition coefficient (Wildman–Crippen LogP) is 6.31. The lowest BCUT2D eigenvalue weighted by Crippen LogP contribution is -2.04. The van der Waals surface area contributed by atoms with Crippen molar-refractivity contribution in [3.8, 4) is 0 Å². The molecule has 1 aliphatic rings. The summed E-state index contributed by atoms with van der Waals surface area (Å²) in [5, 5.41) is 14.2. The van der Waals surface area contributed by atoms with Crippen molar-refractivity contribution in [2.24, 2.45) is 0 Å². The van der Waals surface area contributed by atoms with E-state index in [2.05, 4.69) is 5.09 Å². The summed E-state index contributed by atoms with van der Waals surface area (Å²) in [6.45, 7) is 0. The maximum atomic E-state index is 13.8. The molecule has 144 valence electrons. The van der Waals surface area contributed by atoms with Gasteiger partial charge in [0.2, 0.25) is 7.29 Å². The second-order valence-corrected chi connectivity index (χ2v) is 8.58. The van der Waals surface area contributed by atoms with Crippen LogP contribution >= 0.6 is 7.29 Å². The Morgan fingerprint density at radius 3 is 1.76 bits per heavy atom. The lowest BCUT2D eigenvalue weighted by molar-refractivity contribution is -0.383. The van der Waals surface area contributed by atoms with Crippen molar-refractivity contribution in [3.63, 3.8) is 0 Å². The second kappa shape index (κ2) is 7.78. The van der Waals surface area contributed by atoms with E-state index in [9.17, 15) is 14.7 Å². The number of nitro groups is 1. The normalized spacial score (nSPS) is 14.9. The van der Waals surface area contributed by atoms with E-state index < -0.39 is 12.2 Å². The van der Waals surface area contributed by atoms with E-state index in [0.29, 0.717) is 11.5 Å². The van der Waals surface area contributed by atoms with Crippen LogP contribution in [-0.2, 0) is 9.30 Å². The van der Waals surface area contributed by atoms with E-state index in [1.165, 1.54) is 17.7 Å². The highest BCUT2D eigenvalue weighted by Gasteiger charge is 2.29. The molecule has 1 heterocycles. The smallest absolute Gasteiger partial charge is 0.292 e. The monoisotopic (exact) mass is 404 g/mol. The molecule has 6 nitrogen and oxygen atoms in total. The second-order valence-electron chi connectivity index (χ2n) is 6.42. The summed E-state index contributed by atoms with van der Waals surface area (Å²) in [6, 6.07) is 24.8. The Bertz CT molecular complexity index is 1100. The van der Waals surface area contributed by atoms with E-state index >= 15 is 0 Å². The molecule has 7 heteroatoms. The number of nitrogens with one attached hydrogen (secondary N) is 1. The van der Waals surface area contributed by atoms with Crippen LogP contribution in [0.25, 0.3) is 11.5 Å². The summed E-state index contributed by atoms with van der Waals surface area (Å²) in [6.07, 6.45) is 0. The van der Waals surface area contributed by atoms with Crippen molar-refractivity contribution in [2.45, 2.75) is 0 Å². The minimum Gasteiger partial charge on any atom is -0.456 e. The average molecular weight is 404 g/mol. The molecule has 0 saturated carbocycles. The van der Waals surface area contributed by atoms with Crippen molar-refractivity contribution < 1.29 is 14.2 Å². The number of benzene rings is 3. The molecule has 0 unspecified atom stereocenters. The van der Waals surface area contributed by atoms with Crippen LogP contribution in [0, 0.1) is 10.1 Å². The Morgan fingerprint density at radius 1 is 0.759 bits per heavy atom. The molecule has 0 bridgehead atoms. The molecular formula is C22H17N2O4P. The van der Waals surface area contributed by atoms with Crippen LogP contribution in [0.1, 0.15) is 11.1 Å². The van der Waals surface area contributed by atoms with Gasteiger partial charge in [-0.05, 0) is 6.07 Å². The highest BCUT2D eigenvalue weighted by Crippen LogP contribution is 2.56. The van der Waals surface area contributed by atoms with Gasteiger partial charge in [-0.15, -0.1) is 0 Å². The van der Waals surface area contributed by atoms with Crippen molar-refractivity contribution in [1.82, 2.24) is 0 Å². The van der Waals surface area contributed by atoms with Gasteiger partial charge in [-0.25, -0.2) is 0 Å². The van der Waals surface area contributed by atoms with Gasteiger partial charge in [0.05, 0.1) is 4.92 Å². The summed E-state index contributed by atoms with van der Waals surface area (Å²) in [5.41, 5.74) is 1.57. The number of rotatable bonds is 5. The third-order valence-electron chi connectivity index (χ3n) is 4.35. The Labute approximate surface area is 167 Å². The molecule has 0 aromatic heterocycles. The van der Waals surface area contributed by atoms with Crippen molar-refractivity contribution in [3.05, 3.63) is 118 Å². The lowest BCUT2D eigenvalue weighted by atomic mass is 10.2. The number of hydrogen-bond donors (Lipinski definition) is 1. The van der Waals surface area contributed by atoms with Gasteiger partial charge in [0.1, 0.15) is 17.2 Å². The predicted molar refractivity (Wildman–Crippen MR) is 114 cm³/mol. The first-order valence-electron chi connectivity index (χ1n) is 8.90. The SMILES string of the molecule is O=[N+]([O-])c1ccccc1NP1(=O)C=C(c2ccccc2)OC(c2ccccc2)=C1. The fourth-order valence-corrected chi connectivity index (χ4v) is 4.88. The molecule has 0 amide bonds. The zero-order valence-corrected chi connectivity index (χ0v) is 16.2. The highest BCUT2D eigenvalue weighted by atomic mass is 31.2. The lowest BCUT2D eigenvalue weighted by Gasteiger charge is -2.24. The van der Waals surface area contributed by atoms with Gasteiger partial charge in [0, 0.05) is 28.8 Å². The third-order valence-corrected chi connectivity index (χ3v) is 6.18. The van der Waals surface area contributed by atoms with E-state index in [0.717, 1.165) is 11.1 Å². The Morgan fingerprint density at radius 2 is 1.24 bits per heavy atom. The summed E-state index contributed by atoms with van der Waals surface area (Å²) < 4.78 is 19.8. The van der Waals surface area contributed by atoms with Crippen LogP contribution in [0.5, 0.6) is 0 Å². The van der Waals surface area contributed by atoms with Crippen LogP contribution in [0.15, 0.2) is 96.6 Å². The van der Waals surface area contributed by atoms with Gasteiger partial charge in [0.25, 0.3) is 5.69 Å². The van der Waals surface area contributed by atoms with Gasteiger partial charge in [-0.2, -0.15) is 0 Å². The Hall–Kier alpha value is -3.63. The molecule has 0 radical (unpaired) electrons. The summed E-state index contributed by atoms with van der Waals surface area (Å²) >= 11 is 0. The summed E-state index contributed by atoms with van der Waals surface area (Å²) in [5.74, 6) is 3.87. The van der Waals surface area contributed by atoms with Gasteiger partial charge in [0.15, 0.2) is 0 Å². The molecule has 3 aromatic carbocycles. The van der Waals surface area contributed by atoms with Crippen LogP contribution in [0.4, 0.5) is 11.4 Å². The number of anilines is 1. The molecule has 0 atom stereocenters. The molecule has 0 saturated heterocycles. The molecule has 1 N–H and O–H groups in total. The number of nitro benzene ring substituents is 1. The zero-order valence-electron chi connectivity index (χ0n) is 15.3. The van der Waals surface area contributed by atoms with Crippen LogP contribution in [0.2, 0.25) is 0 Å². The fourth-order valence-electron chi connectivity index (χ4n) is 3.01. The molecule has 0 spiro atoms. The summed E-state index contributed by atoms with van der Waals surface area (Å²) in [4.78, 5) is 10.9. The first-order chi connectivity index (χ1) is 14.0. The minimum absolute atomic E-state index is 0.140. The average Bonchev–Trinajstić information content (AvgIpc) is 2.74. The van der Waals surface area contributed by atoms with E-state index in [4.69, 9.17) is 4.74 Å². The van der Waals surface area contributed by atoms with Gasteiger partial charge < -0.3 is 9.82 Å². The molecular weight excluding hydrogens is 387 g/mol. The molecule has 0 aliphatic carbocycles. The largest absolute Gasteiger partial charge is 0.456 e. The molecule has 1 aliphatic heterocycles. The highest BCUT2D eigenvalue weighted by molar-refractivity contribution is 7.72. The van der Waals surface area contributed by atoms with E-state index in [1.807, 2.05) is 60.7 Å². The van der Waals surface area contributed by atoms with Crippen molar-refractivity contribution in [2.75, 3.05) is 5.09 Å². The topological polar surface area (TPSA) is 81.5 Å². The van der Waals surface area contributed by atoms with Crippen LogP contribution in [-0.4, -0.2) is 4.92 Å². The van der Waals surface area contributed by atoms with Gasteiger partial charge >= 0.3 is 0 Å². The quantitative estimate of drug-likeness (QED) is 0.306.